The van der Waals surface area contributed by atoms with E-state index in [0.717, 1.165) is 17.2 Å². The van der Waals surface area contributed by atoms with Crippen molar-refractivity contribution in [3.8, 4) is 0 Å². The first kappa shape index (κ1) is 17.3. The summed E-state index contributed by atoms with van der Waals surface area (Å²) in [7, 11) is 0. The molecule has 0 N–H and O–H groups in total. The van der Waals surface area contributed by atoms with Crippen molar-refractivity contribution in [3.05, 3.63) is 40.3 Å². The van der Waals surface area contributed by atoms with Gasteiger partial charge in [-0.2, -0.15) is 4.39 Å². The van der Waals surface area contributed by atoms with E-state index in [4.69, 9.17) is 11.6 Å². The highest BCUT2D eigenvalue weighted by atomic mass is 35.5. The minimum atomic E-state index is -1.75. The van der Waals surface area contributed by atoms with E-state index in [0.29, 0.717) is 29.8 Å². The van der Waals surface area contributed by atoms with Crippen LogP contribution in [0.25, 0.3) is 0 Å². The zero-order chi connectivity index (χ0) is 17.1. The minimum Gasteiger partial charge on any atom is -0.286 e. The molecule has 0 saturated carbocycles. The van der Waals surface area contributed by atoms with E-state index < -0.39 is 18.8 Å². The molecule has 0 saturated heterocycles. The molecule has 0 unspecified atom stereocenters. The summed E-state index contributed by atoms with van der Waals surface area (Å²) >= 11 is 6.25. The van der Waals surface area contributed by atoms with E-state index in [-0.39, 0.29) is 0 Å². The van der Waals surface area contributed by atoms with Crippen LogP contribution in [-0.2, 0) is 4.79 Å². The fourth-order valence-corrected chi connectivity index (χ4v) is 2.64. The van der Waals surface area contributed by atoms with Gasteiger partial charge in [0.25, 0.3) is 5.91 Å². The molecule has 124 valence electrons. The number of amides is 1. The molecule has 1 amide bonds. The predicted octanol–water partition coefficient (Wildman–Crippen LogP) is 3.67. The van der Waals surface area contributed by atoms with Crippen molar-refractivity contribution in [1.29, 1.82) is 0 Å². The smallest absolute Gasteiger partial charge is 0.262 e. The van der Waals surface area contributed by atoms with Gasteiger partial charge in [-0.05, 0) is 37.1 Å². The summed E-state index contributed by atoms with van der Waals surface area (Å²) < 4.78 is 33.0. The van der Waals surface area contributed by atoms with Gasteiger partial charge in [-0.25, -0.2) is 13.7 Å². The lowest BCUT2D eigenvalue weighted by molar-refractivity contribution is -0.113. The van der Waals surface area contributed by atoms with Crippen molar-refractivity contribution in [1.82, 2.24) is 4.90 Å². The number of halogens is 4. The number of benzene rings is 1. The van der Waals surface area contributed by atoms with Gasteiger partial charge in [0, 0.05) is 6.54 Å². The molecule has 0 radical (unpaired) electrons. The third-order valence-electron chi connectivity index (χ3n) is 3.54. The molecule has 3 rings (SSSR count). The van der Waals surface area contributed by atoms with Gasteiger partial charge < -0.3 is 0 Å². The number of fused-ring (bicyclic) bond motifs is 1. The van der Waals surface area contributed by atoms with Crippen LogP contribution in [0.15, 0.2) is 29.2 Å². The van der Waals surface area contributed by atoms with Gasteiger partial charge in [-0.1, -0.05) is 11.6 Å². The largest absolute Gasteiger partial charge is 0.286 e. The number of hydrogen-bond donors (Lipinski definition) is 0. The molecule has 23 heavy (non-hydrogen) atoms. The Hall–Kier alpha value is -2.02. The van der Waals surface area contributed by atoms with Crippen LogP contribution in [0.3, 0.4) is 0 Å². The summed E-state index contributed by atoms with van der Waals surface area (Å²) in [6, 6.07) is 3.62. The lowest BCUT2D eigenvalue weighted by Gasteiger charge is -2.32. The first-order chi connectivity index (χ1) is 10.9. The van der Waals surface area contributed by atoms with Crippen LogP contribution < -0.4 is 4.90 Å². The van der Waals surface area contributed by atoms with Crippen LogP contribution >= 0.6 is 11.6 Å². The maximum Gasteiger partial charge on any atom is 0.262 e. The fraction of sp³-hybridized carbons (Fsp3) is 0.333. The lowest BCUT2D eigenvalue weighted by atomic mass is 10.1. The maximum absolute atomic E-state index is 13.7. The average molecular weight is 346 g/mol. The van der Waals surface area contributed by atoms with Crippen molar-refractivity contribution in [2.24, 2.45) is 4.99 Å². The van der Waals surface area contributed by atoms with Crippen LogP contribution in [0.5, 0.6) is 0 Å². The molecule has 2 heterocycles. The lowest BCUT2D eigenvalue weighted by Crippen LogP contribution is -2.48. The molecule has 4 nitrogen and oxygen atoms in total. The molecular formula is C15H15ClF3N3O. The second-order valence-corrected chi connectivity index (χ2v) is 5.37. The van der Waals surface area contributed by atoms with E-state index in [1.807, 2.05) is 19.9 Å². The van der Waals surface area contributed by atoms with Gasteiger partial charge >= 0.3 is 0 Å². The summed E-state index contributed by atoms with van der Waals surface area (Å²) in [5.74, 6) is -0.729. The molecule has 8 heteroatoms. The molecule has 0 aromatic heterocycles. The first-order valence-corrected chi connectivity index (χ1v) is 7.20. The van der Waals surface area contributed by atoms with Crippen LogP contribution in [-0.4, -0.2) is 36.8 Å². The summed E-state index contributed by atoms with van der Waals surface area (Å²) in [6.07, 6.45) is 0.968. The van der Waals surface area contributed by atoms with Crippen LogP contribution in [0.4, 0.5) is 18.9 Å². The highest BCUT2D eigenvalue weighted by molar-refractivity contribution is 6.36. The molecule has 0 spiro atoms. The van der Waals surface area contributed by atoms with Gasteiger partial charge in [-0.3, -0.25) is 14.7 Å². The molecule has 2 aliphatic rings. The van der Waals surface area contributed by atoms with Crippen LogP contribution in [0.2, 0.25) is 5.02 Å². The quantitative estimate of drug-likeness (QED) is 0.728. The Morgan fingerprint density at radius 3 is 2.52 bits per heavy atom. The number of aryl methyl sites for hydroxylation is 2. The highest BCUT2D eigenvalue weighted by Crippen LogP contribution is 2.33. The third kappa shape index (κ3) is 3.34. The summed E-state index contributed by atoms with van der Waals surface area (Å²) in [5, 5.41) is 0.451. The minimum absolute atomic E-state index is 0.306. The number of alkyl halides is 2. The topological polar surface area (TPSA) is 35.9 Å². The van der Waals surface area contributed by atoms with E-state index in [1.165, 1.54) is 9.80 Å². The third-order valence-corrected chi connectivity index (χ3v) is 3.85. The Bertz CT molecular complexity index is 691. The van der Waals surface area contributed by atoms with Gasteiger partial charge in [0.2, 0.25) is 18.8 Å². The van der Waals surface area contributed by atoms with Crippen molar-refractivity contribution in [2.45, 2.75) is 13.8 Å². The zero-order valence-electron chi connectivity index (χ0n) is 12.6. The van der Waals surface area contributed by atoms with Gasteiger partial charge in [0.05, 0.1) is 23.3 Å². The zero-order valence-corrected chi connectivity index (χ0v) is 13.4. The number of aliphatic imine (C=N–C) groups is 1. The Kier molecular flexibility index (Phi) is 5.30. The number of carbonyl (C=O) groups is 1. The van der Waals surface area contributed by atoms with E-state index in [1.54, 1.807) is 6.07 Å². The van der Waals surface area contributed by atoms with Crippen molar-refractivity contribution >= 4 is 29.2 Å². The molecule has 0 atom stereocenters. The Morgan fingerprint density at radius 1 is 1.26 bits per heavy atom. The average Bonchev–Trinajstić information content (AvgIpc) is 2.95. The second-order valence-electron chi connectivity index (χ2n) is 4.96. The van der Waals surface area contributed by atoms with Crippen LogP contribution in [0.1, 0.15) is 11.1 Å². The first-order valence-electron chi connectivity index (χ1n) is 6.82. The summed E-state index contributed by atoms with van der Waals surface area (Å²) in [5.41, 5.74) is 2.58. The molecular weight excluding hydrogens is 331 g/mol. The molecule has 1 aromatic rings. The van der Waals surface area contributed by atoms with Gasteiger partial charge in [0.15, 0.2) is 0 Å². The number of anilines is 1. The second kappa shape index (κ2) is 7.04. The standard InChI is InChI=1S/C14H13ClFN3O.CH2F2/c1-8-5-10(15)11(6-9(8)2)19-13(20)7-12(16)18-4-3-17-14(18)19;2-1-3/h5-7H,3-4H2,1-2H3;1H2. The predicted molar refractivity (Wildman–Crippen MR) is 83.7 cm³/mol. The number of carbonyl (C=O) groups excluding carboxylic acids is 1. The fourth-order valence-electron chi connectivity index (χ4n) is 2.34. The molecule has 1 aromatic carbocycles. The van der Waals surface area contributed by atoms with Crippen LogP contribution in [0, 0.1) is 13.8 Å². The molecule has 2 aliphatic heterocycles. The van der Waals surface area contributed by atoms with Crippen molar-refractivity contribution < 1.29 is 18.0 Å². The van der Waals surface area contributed by atoms with Gasteiger partial charge in [-0.15, -0.1) is 0 Å². The van der Waals surface area contributed by atoms with Gasteiger partial charge in [0.1, 0.15) is 0 Å². The number of rotatable bonds is 1. The highest BCUT2D eigenvalue weighted by Gasteiger charge is 2.36. The maximum atomic E-state index is 13.7. The Morgan fingerprint density at radius 2 is 1.87 bits per heavy atom. The normalized spacial score (nSPS) is 16.5. The molecule has 0 aliphatic carbocycles. The van der Waals surface area contributed by atoms with E-state index in [2.05, 4.69) is 4.99 Å². The summed E-state index contributed by atoms with van der Waals surface area (Å²) in [6.45, 7) is 3.03. The van der Waals surface area contributed by atoms with Crippen molar-refractivity contribution in [3.63, 3.8) is 0 Å². The number of guanidine groups is 1. The SMILES string of the molecule is Cc1cc(Cl)c(N2C(=O)C=C(F)N3CCN=C32)cc1C.FCF. The molecule has 0 bridgehead atoms. The molecule has 0 fully saturated rings. The number of nitrogens with zero attached hydrogens (tertiary/aromatic N) is 3. The van der Waals surface area contributed by atoms with Crippen molar-refractivity contribution in [2.75, 3.05) is 24.9 Å². The monoisotopic (exact) mass is 345 g/mol. The Balaban J connectivity index is 0.000000595. The Labute approximate surface area is 136 Å². The number of hydrogen-bond acceptors (Lipinski definition) is 3. The van der Waals surface area contributed by atoms with E-state index >= 15 is 0 Å². The summed E-state index contributed by atoms with van der Waals surface area (Å²) in [4.78, 5) is 19.1. The van der Waals surface area contributed by atoms with E-state index in [9.17, 15) is 18.0 Å².